The molecule has 13 heteroatoms. The first-order chi connectivity index (χ1) is 19.0. The largest absolute Gasteiger partial charge is 0.457 e. The van der Waals surface area contributed by atoms with E-state index < -0.39 is 10.0 Å². The summed E-state index contributed by atoms with van der Waals surface area (Å²) in [5.74, 6) is 1.33. The van der Waals surface area contributed by atoms with Crippen LogP contribution in [0.25, 0.3) is 0 Å². The number of benzene rings is 2. The highest BCUT2D eigenvalue weighted by molar-refractivity contribution is 7.92. The highest BCUT2D eigenvalue weighted by Gasteiger charge is 2.27. The van der Waals surface area contributed by atoms with E-state index >= 15 is 0 Å². The minimum absolute atomic E-state index is 0. The van der Waals surface area contributed by atoms with Crippen molar-refractivity contribution >= 4 is 52.2 Å². The summed E-state index contributed by atoms with van der Waals surface area (Å²) < 4.78 is 32.8. The molecule has 1 fully saturated rings. The Morgan fingerprint density at radius 3 is 2.14 bits per heavy atom. The molecule has 3 aromatic rings. The summed E-state index contributed by atoms with van der Waals surface area (Å²) >= 11 is 0. The summed E-state index contributed by atoms with van der Waals surface area (Å²) in [6, 6.07) is 14.8. The number of nitrogens with zero attached hydrogens (tertiary/aromatic N) is 4. The first kappa shape index (κ1) is 34.9. The van der Waals surface area contributed by atoms with Gasteiger partial charge < -0.3 is 15.0 Å². The molecule has 42 heavy (non-hydrogen) atoms. The number of carbonyl (C=O) groups is 1. The maximum Gasteiger partial charge on any atom is 0.322 e. The number of halogens is 2. The van der Waals surface area contributed by atoms with E-state index in [1.807, 2.05) is 37.9 Å². The van der Waals surface area contributed by atoms with Gasteiger partial charge in [0.15, 0.2) is 0 Å². The fourth-order valence-electron chi connectivity index (χ4n) is 4.61. The highest BCUT2D eigenvalue weighted by Crippen LogP contribution is 2.25. The third kappa shape index (κ3) is 10.9. The topological polar surface area (TPSA) is 109 Å². The number of hydrogen-bond donors (Lipinski definition) is 2. The van der Waals surface area contributed by atoms with Crippen molar-refractivity contribution in [3.63, 3.8) is 0 Å². The zero-order valence-corrected chi connectivity index (χ0v) is 26.8. The monoisotopic (exact) mass is 638 g/mol. The second-order valence-electron chi connectivity index (χ2n) is 10.4. The fourth-order valence-corrected chi connectivity index (χ4v) is 5.18. The molecule has 0 aliphatic carbocycles. The van der Waals surface area contributed by atoms with Crippen molar-refractivity contribution in [3.8, 4) is 11.5 Å². The van der Waals surface area contributed by atoms with E-state index in [0.29, 0.717) is 29.4 Å². The number of nitrogens with one attached hydrogen (secondary N) is 2. The van der Waals surface area contributed by atoms with E-state index in [4.69, 9.17) is 4.74 Å². The molecular weight excluding hydrogens is 599 g/mol. The lowest BCUT2D eigenvalue weighted by molar-refractivity contribution is 0.130. The minimum Gasteiger partial charge on any atom is -0.457 e. The van der Waals surface area contributed by atoms with Crippen LogP contribution in [0.1, 0.15) is 32.3 Å². The maximum absolute atomic E-state index is 13.1. The Bertz CT molecular complexity index is 1420. The van der Waals surface area contributed by atoms with Crippen molar-refractivity contribution in [3.05, 3.63) is 78.1 Å². The molecule has 2 amide bonds. The maximum atomic E-state index is 13.1. The normalized spacial score (nSPS) is 13.7. The molecule has 2 heterocycles. The van der Waals surface area contributed by atoms with Crippen molar-refractivity contribution in [2.75, 3.05) is 35.9 Å². The van der Waals surface area contributed by atoms with Crippen LogP contribution in [0.15, 0.2) is 72.6 Å². The number of rotatable bonds is 10. The van der Waals surface area contributed by atoms with Crippen molar-refractivity contribution in [1.29, 1.82) is 0 Å². The van der Waals surface area contributed by atoms with Crippen LogP contribution in [0.2, 0.25) is 0 Å². The molecule has 1 aromatic heterocycles. The number of aryl methyl sites for hydroxylation is 1. The van der Waals surface area contributed by atoms with Gasteiger partial charge in [-0.25, -0.2) is 13.2 Å². The SMILES string of the molecule is CC(C)=CCN(C(=O)Nc1cnn(C)c1)C1CCN(Cc2ccc(Oc3ccc(NS(C)(=O)=O)cc3)cc2)CC1.Cl.Cl. The Kier molecular flexibility index (Phi) is 13.2. The summed E-state index contributed by atoms with van der Waals surface area (Å²) in [6.45, 7) is 7.31. The molecular formula is C29H40Cl2N6O4S. The van der Waals surface area contributed by atoms with Crippen LogP contribution in [0, 0.1) is 0 Å². The molecule has 0 unspecified atom stereocenters. The number of urea groups is 1. The number of aromatic nitrogens is 2. The van der Waals surface area contributed by atoms with Gasteiger partial charge in [-0.3, -0.25) is 14.3 Å². The van der Waals surface area contributed by atoms with Crippen molar-refractivity contribution < 1.29 is 17.9 Å². The van der Waals surface area contributed by atoms with Gasteiger partial charge in [-0.15, -0.1) is 24.8 Å². The van der Waals surface area contributed by atoms with Crippen LogP contribution in [-0.4, -0.2) is 66.0 Å². The molecule has 2 N–H and O–H groups in total. The Labute approximate surface area is 261 Å². The third-order valence-corrected chi connectivity index (χ3v) is 7.24. The molecule has 230 valence electrons. The van der Waals surface area contributed by atoms with E-state index in [1.165, 1.54) is 11.1 Å². The van der Waals surface area contributed by atoms with E-state index in [2.05, 4.69) is 38.2 Å². The predicted molar refractivity (Wildman–Crippen MR) is 173 cm³/mol. The average Bonchev–Trinajstić information content (AvgIpc) is 3.30. The van der Waals surface area contributed by atoms with Gasteiger partial charge in [0, 0.05) is 51.2 Å². The number of allylic oxidation sites excluding steroid dienone is 1. The van der Waals surface area contributed by atoms with Crippen molar-refractivity contribution in [2.45, 2.75) is 39.3 Å². The van der Waals surface area contributed by atoms with Gasteiger partial charge in [-0.1, -0.05) is 23.8 Å². The number of hydrogen-bond acceptors (Lipinski definition) is 6. The van der Waals surface area contributed by atoms with E-state index in [9.17, 15) is 13.2 Å². The van der Waals surface area contributed by atoms with Crippen LogP contribution in [0.5, 0.6) is 11.5 Å². The van der Waals surface area contributed by atoms with Gasteiger partial charge >= 0.3 is 6.03 Å². The number of likely N-dealkylation sites (tertiary alicyclic amines) is 1. The predicted octanol–water partition coefficient (Wildman–Crippen LogP) is 5.89. The molecule has 0 radical (unpaired) electrons. The van der Waals surface area contributed by atoms with Gasteiger partial charge in [-0.05, 0) is 68.7 Å². The summed E-state index contributed by atoms with van der Waals surface area (Å²) in [5.41, 5.74) is 3.56. The summed E-state index contributed by atoms with van der Waals surface area (Å²) in [4.78, 5) is 17.5. The Balaban J connectivity index is 0.00000308. The fraction of sp³-hybridized carbons (Fsp3) is 0.379. The van der Waals surface area contributed by atoms with Crippen LogP contribution in [0.3, 0.4) is 0 Å². The molecule has 4 rings (SSSR count). The molecule has 0 saturated carbocycles. The van der Waals surface area contributed by atoms with Gasteiger partial charge in [0.1, 0.15) is 11.5 Å². The number of ether oxygens (including phenoxy) is 1. The van der Waals surface area contributed by atoms with Crippen LogP contribution in [-0.2, 0) is 23.6 Å². The Morgan fingerprint density at radius 1 is 1.02 bits per heavy atom. The smallest absolute Gasteiger partial charge is 0.322 e. The average molecular weight is 640 g/mol. The van der Waals surface area contributed by atoms with Crippen LogP contribution in [0.4, 0.5) is 16.2 Å². The molecule has 0 atom stereocenters. The molecule has 10 nitrogen and oxygen atoms in total. The van der Waals surface area contributed by atoms with Gasteiger partial charge in [-0.2, -0.15) is 5.10 Å². The molecule has 1 aliphatic heterocycles. The third-order valence-electron chi connectivity index (χ3n) is 6.63. The zero-order chi connectivity index (χ0) is 28.7. The summed E-state index contributed by atoms with van der Waals surface area (Å²) in [5, 5.41) is 7.13. The number of sulfonamides is 1. The minimum atomic E-state index is -3.31. The van der Waals surface area contributed by atoms with Gasteiger partial charge in [0.05, 0.1) is 18.1 Å². The molecule has 0 bridgehead atoms. The van der Waals surface area contributed by atoms with Gasteiger partial charge in [0.25, 0.3) is 0 Å². The quantitative estimate of drug-likeness (QED) is 0.268. The number of amides is 2. The lowest BCUT2D eigenvalue weighted by Gasteiger charge is -2.38. The summed E-state index contributed by atoms with van der Waals surface area (Å²) in [7, 11) is -1.49. The van der Waals surface area contributed by atoms with Gasteiger partial charge in [0.2, 0.25) is 10.0 Å². The number of piperidine rings is 1. The van der Waals surface area contributed by atoms with E-state index in [-0.39, 0.29) is 36.9 Å². The molecule has 1 aliphatic rings. The second-order valence-corrected chi connectivity index (χ2v) is 12.2. The number of carbonyl (C=O) groups excluding carboxylic acids is 1. The number of anilines is 2. The Morgan fingerprint density at radius 2 is 1.62 bits per heavy atom. The van der Waals surface area contributed by atoms with E-state index in [0.717, 1.165) is 38.7 Å². The van der Waals surface area contributed by atoms with Crippen molar-refractivity contribution in [2.24, 2.45) is 7.05 Å². The van der Waals surface area contributed by atoms with Crippen LogP contribution < -0.4 is 14.8 Å². The highest BCUT2D eigenvalue weighted by atomic mass is 35.5. The first-order valence-corrected chi connectivity index (χ1v) is 15.2. The second kappa shape index (κ2) is 15.8. The standard InChI is InChI=1S/C29H38N6O4S.2ClH/c1-22(2)13-18-35(29(36)31-25-19-30-33(3)21-25)26-14-16-34(17-15-26)20-23-5-9-27(10-6-23)39-28-11-7-24(8-12-28)32-40(4,37)38;;/h5-13,19,21,26,32H,14-18,20H2,1-4H3,(H,31,36);2*1H. The summed E-state index contributed by atoms with van der Waals surface area (Å²) in [6.07, 6.45) is 8.48. The Hall–Kier alpha value is -3.25. The zero-order valence-electron chi connectivity index (χ0n) is 24.3. The van der Waals surface area contributed by atoms with E-state index in [1.54, 1.807) is 41.3 Å². The molecule has 1 saturated heterocycles. The van der Waals surface area contributed by atoms with Crippen LogP contribution >= 0.6 is 24.8 Å². The molecule has 0 spiro atoms. The van der Waals surface area contributed by atoms with Crippen molar-refractivity contribution in [1.82, 2.24) is 19.6 Å². The lowest BCUT2D eigenvalue weighted by Crippen LogP contribution is -2.48. The lowest BCUT2D eigenvalue weighted by atomic mass is 10.0. The first-order valence-electron chi connectivity index (χ1n) is 13.3. The molecule has 2 aromatic carbocycles.